The van der Waals surface area contributed by atoms with Crippen LogP contribution in [0.5, 0.6) is 5.75 Å². The highest BCUT2D eigenvalue weighted by Crippen LogP contribution is 2.27. The Morgan fingerprint density at radius 2 is 1.56 bits per heavy atom. The van der Waals surface area contributed by atoms with Crippen molar-refractivity contribution in [2.45, 2.75) is 58.3 Å². The van der Waals surface area contributed by atoms with Crippen LogP contribution in [0.2, 0.25) is 0 Å². The fraction of sp³-hybridized carbons (Fsp3) is 0.409. The Labute approximate surface area is 150 Å². The summed E-state index contributed by atoms with van der Waals surface area (Å²) in [4.78, 5) is 11.2. The van der Waals surface area contributed by atoms with Crippen molar-refractivity contribution in [3.05, 3.63) is 53.6 Å². The van der Waals surface area contributed by atoms with Gasteiger partial charge in [0.2, 0.25) is 0 Å². The number of aromatic carboxylic acids is 1. The predicted molar refractivity (Wildman–Crippen MR) is 102 cm³/mol. The average Bonchev–Trinajstić information content (AvgIpc) is 2.61. The van der Waals surface area contributed by atoms with Gasteiger partial charge in [0.15, 0.2) is 0 Å². The maximum absolute atomic E-state index is 11.2. The fourth-order valence-electron chi connectivity index (χ4n) is 3.08. The average molecular weight is 340 g/mol. The van der Waals surface area contributed by atoms with Crippen molar-refractivity contribution in [2.24, 2.45) is 0 Å². The van der Waals surface area contributed by atoms with Gasteiger partial charge < -0.3 is 10.2 Å². The van der Waals surface area contributed by atoms with Crippen molar-refractivity contribution in [1.29, 1.82) is 0 Å². The summed E-state index contributed by atoms with van der Waals surface area (Å²) in [6.07, 6.45) is 10.1. The van der Waals surface area contributed by atoms with Crippen molar-refractivity contribution >= 4 is 5.97 Å². The molecule has 134 valence electrons. The van der Waals surface area contributed by atoms with E-state index >= 15 is 0 Å². The molecule has 0 aliphatic heterocycles. The Balaban J connectivity index is 1.95. The van der Waals surface area contributed by atoms with E-state index in [1.54, 1.807) is 6.07 Å². The maximum Gasteiger partial charge on any atom is 0.339 e. The lowest BCUT2D eigenvalue weighted by atomic mass is 9.98. The molecule has 25 heavy (non-hydrogen) atoms. The van der Waals surface area contributed by atoms with Crippen LogP contribution in [0, 0.1) is 0 Å². The molecular formula is C22H28O3. The molecule has 0 bridgehead atoms. The highest BCUT2D eigenvalue weighted by molar-refractivity contribution is 5.92. The number of phenols is 1. The number of hydrogen-bond donors (Lipinski definition) is 2. The van der Waals surface area contributed by atoms with E-state index in [0.717, 1.165) is 17.5 Å². The highest BCUT2D eigenvalue weighted by atomic mass is 16.4. The Bertz CT molecular complexity index is 691. The Morgan fingerprint density at radius 1 is 0.880 bits per heavy atom. The molecule has 0 heterocycles. The molecule has 2 rings (SSSR count). The minimum atomic E-state index is -1.11. The third kappa shape index (κ3) is 5.93. The molecule has 3 nitrogen and oxygen atoms in total. The van der Waals surface area contributed by atoms with Gasteiger partial charge in [-0.15, -0.1) is 0 Å². The molecule has 0 aromatic heterocycles. The number of aromatic hydroxyl groups is 1. The van der Waals surface area contributed by atoms with Gasteiger partial charge in [-0.2, -0.15) is 0 Å². The first kappa shape index (κ1) is 19.0. The molecule has 0 unspecified atom stereocenters. The van der Waals surface area contributed by atoms with E-state index in [9.17, 15) is 9.90 Å². The second-order valence-electron chi connectivity index (χ2n) is 6.61. The molecule has 0 spiro atoms. The molecule has 0 atom stereocenters. The summed E-state index contributed by atoms with van der Waals surface area (Å²) in [5.41, 5.74) is 3.02. The second kappa shape index (κ2) is 9.87. The summed E-state index contributed by atoms with van der Waals surface area (Å²) >= 11 is 0. The van der Waals surface area contributed by atoms with E-state index in [4.69, 9.17) is 5.11 Å². The zero-order valence-corrected chi connectivity index (χ0v) is 15.0. The van der Waals surface area contributed by atoms with E-state index in [-0.39, 0.29) is 11.3 Å². The van der Waals surface area contributed by atoms with Crippen LogP contribution in [0.25, 0.3) is 11.1 Å². The molecule has 2 N–H and O–H groups in total. The van der Waals surface area contributed by atoms with Crippen molar-refractivity contribution in [2.75, 3.05) is 0 Å². The largest absolute Gasteiger partial charge is 0.507 e. The van der Waals surface area contributed by atoms with Gasteiger partial charge in [-0.25, -0.2) is 4.79 Å². The third-order valence-electron chi connectivity index (χ3n) is 4.56. The maximum atomic E-state index is 11.2. The van der Waals surface area contributed by atoms with E-state index in [1.165, 1.54) is 62.6 Å². The summed E-state index contributed by atoms with van der Waals surface area (Å²) in [5, 5.41) is 18.8. The van der Waals surface area contributed by atoms with Crippen LogP contribution in [0.1, 0.15) is 67.8 Å². The lowest BCUT2D eigenvalue weighted by Crippen LogP contribution is -1.97. The van der Waals surface area contributed by atoms with Crippen LogP contribution in [0.3, 0.4) is 0 Å². The van der Waals surface area contributed by atoms with Gasteiger partial charge in [0.25, 0.3) is 0 Å². The van der Waals surface area contributed by atoms with Crippen molar-refractivity contribution in [3.63, 3.8) is 0 Å². The number of rotatable bonds is 10. The number of carboxylic acids is 1. The van der Waals surface area contributed by atoms with E-state index in [0.29, 0.717) is 0 Å². The topological polar surface area (TPSA) is 57.5 Å². The highest BCUT2D eigenvalue weighted by Gasteiger charge is 2.11. The number of aryl methyl sites for hydroxylation is 1. The summed E-state index contributed by atoms with van der Waals surface area (Å²) in [6, 6.07) is 13.0. The SMILES string of the molecule is CCCCCCCCCc1cccc(-c2ccc(O)c(C(=O)O)c2)c1. The lowest BCUT2D eigenvalue weighted by Gasteiger charge is -2.08. The van der Waals surface area contributed by atoms with Gasteiger partial charge in [-0.1, -0.05) is 75.8 Å². The molecule has 2 aromatic rings. The van der Waals surface area contributed by atoms with Crippen LogP contribution in [-0.2, 0) is 6.42 Å². The summed E-state index contributed by atoms with van der Waals surface area (Å²) in [7, 11) is 0. The molecule has 0 amide bonds. The quantitative estimate of drug-likeness (QED) is 0.518. The minimum absolute atomic E-state index is 0.0602. The van der Waals surface area contributed by atoms with Crippen molar-refractivity contribution < 1.29 is 15.0 Å². The van der Waals surface area contributed by atoms with Gasteiger partial charge >= 0.3 is 5.97 Å². The number of benzene rings is 2. The fourth-order valence-corrected chi connectivity index (χ4v) is 3.08. The first-order valence-corrected chi connectivity index (χ1v) is 9.27. The molecule has 0 fully saturated rings. The van der Waals surface area contributed by atoms with Crippen LogP contribution >= 0.6 is 0 Å². The number of carbonyl (C=O) groups is 1. The molecule has 0 aliphatic rings. The lowest BCUT2D eigenvalue weighted by molar-refractivity contribution is 0.0694. The summed E-state index contributed by atoms with van der Waals surface area (Å²) < 4.78 is 0. The van der Waals surface area contributed by atoms with Crippen LogP contribution < -0.4 is 0 Å². The van der Waals surface area contributed by atoms with E-state index < -0.39 is 5.97 Å². The first-order valence-electron chi connectivity index (χ1n) is 9.27. The monoisotopic (exact) mass is 340 g/mol. The second-order valence-corrected chi connectivity index (χ2v) is 6.61. The zero-order chi connectivity index (χ0) is 18.1. The van der Waals surface area contributed by atoms with Crippen molar-refractivity contribution in [1.82, 2.24) is 0 Å². The third-order valence-corrected chi connectivity index (χ3v) is 4.56. The molecule has 3 heteroatoms. The number of unbranched alkanes of at least 4 members (excludes halogenated alkanes) is 6. The Hall–Kier alpha value is -2.29. The number of carboxylic acid groups (broad SMARTS) is 1. The molecule has 0 saturated heterocycles. The molecular weight excluding hydrogens is 312 g/mol. The Kier molecular flexibility index (Phi) is 7.52. The van der Waals surface area contributed by atoms with E-state index in [1.807, 2.05) is 12.1 Å². The van der Waals surface area contributed by atoms with Crippen molar-refractivity contribution in [3.8, 4) is 16.9 Å². The van der Waals surface area contributed by atoms with Gasteiger partial charge in [0, 0.05) is 0 Å². The van der Waals surface area contributed by atoms with Gasteiger partial charge in [-0.05, 0) is 41.7 Å². The van der Waals surface area contributed by atoms with Crippen LogP contribution in [-0.4, -0.2) is 16.2 Å². The molecule has 0 saturated carbocycles. The Morgan fingerprint density at radius 3 is 2.28 bits per heavy atom. The molecule has 0 radical (unpaired) electrons. The van der Waals surface area contributed by atoms with Gasteiger partial charge in [0.05, 0.1) is 0 Å². The number of hydrogen-bond acceptors (Lipinski definition) is 2. The predicted octanol–water partition coefficient (Wildman–Crippen LogP) is 6.05. The smallest absolute Gasteiger partial charge is 0.339 e. The van der Waals surface area contributed by atoms with Crippen LogP contribution in [0.15, 0.2) is 42.5 Å². The van der Waals surface area contributed by atoms with Gasteiger partial charge in [0.1, 0.15) is 11.3 Å². The van der Waals surface area contributed by atoms with Crippen LogP contribution in [0.4, 0.5) is 0 Å². The minimum Gasteiger partial charge on any atom is -0.507 e. The first-order chi connectivity index (χ1) is 12.1. The normalized spacial score (nSPS) is 10.8. The zero-order valence-electron chi connectivity index (χ0n) is 15.0. The molecule has 0 aliphatic carbocycles. The van der Waals surface area contributed by atoms with Gasteiger partial charge in [-0.3, -0.25) is 0 Å². The summed E-state index contributed by atoms with van der Waals surface area (Å²) in [5.74, 6) is -1.31. The standard InChI is InChI=1S/C22H28O3/c1-2-3-4-5-6-7-8-10-17-11-9-12-18(15-17)19-13-14-21(23)20(16-19)22(24)25/h9,11-16,23H,2-8,10H2,1H3,(H,24,25). The van der Waals surface area contributed by atoms with E-state index in [2.05, 4.69) is 19.1 Å². The molecule has 2 aromatic carbocycles. The summed E-state index contributed by atoms with van der Waals surface area (Å²) in [6.45, 7) is 2.24.